The van der Waals surface area contributed by atoms with Crippen molar-refractivity contribution in [1.29, 1.82) is 0 Å². The van der Waals surface area contributed by atoms with E-state index >= 15 is 0 Å². The lowest BCUT2D eigenvalue weighted by Gasteiger charge is -2.26. The Kier molecular flexibility index (Phi) is 5.92. The van der Waals surface area contributed by atoms with Gasteiger partial charge in [0.1, 0.15) is 24.7 Å². The van der Waals surface area contributed by atoms with Crippen LogP contribution in [-0.2, 0) is 6.54 Å². The third-order valence-electron chi connectivity index (χ3n) is 6.19. The number of aromatic nitrogens is 1. The minimum Gasteiger partial charge on any atom is -0.496 e. The SMILES string of the molecule is COc1ccc(-c2nc(CN(C)[C@H](C)c3ccc4c(c3)OCCO4)c(C)o2)c(C)c1C. The first-order valence-electron chi connectivity index (χ1n) is 10.6. The first-order chi connectivity index (χ1) is 14.9. The Morgan fingerprint density at radius 3 is 2.52 bits per heavy atom. The topological polar surface area (TPSA) is 57.0 Å². The van der Waals surface area contributed by atoms with Crippen molar-refractivity contribution < 1.29 is 18.6 Å². The predicted molar refractivity (Wildman–Crippen MR) is 120 cm³/mol. The highest BCUT2D eigenvalue weighted by atomic mass is 16.6. The third-order valence-corrected chi connectivity index (χ3v) is 6.19. The van der Waals surface area contributed by atoms with Crippen LogP contribution in [0.25, 0.3) is 11.5 Å². The van der Waals surface area contributed by atoms with Crippen LogP contribution in [0.4, 0.5) is 0 Å². The molecule has 0 amide bonds. The molecule has 3 aromatic rings. The number of methoxy groups -OCH3 is 1. The molecule has 4 rings (SSSR count). The molecule has 1 aliphatic rings. The fraction of sp³-hybridized carbons (Fsp3) is 0.400. The molecule has 1 atom stereocenters. The summed E-state index contributed by atoms with van der Waals surface area (Å²) in [4.78, 5) is 7.09. The molecule has 6 nitrogen and oxygen atoms in total. The minimum absolute atomic E-state index is 0.181. The zero-order chi connectivity index (χ0) is 22.1. The van der Waals surface area contributed by atoms with Gasteiger partial charge in [-0.25, -0.2) is 4.98 Å². The molecule has 2 aromatic carbocycles. The molecule has 0 bridgehead atoms. The summed E-state index contributed by atoms with van der Waals surface area (Å²) in [6, 6.07) is 10.3. The van der Waals surface area contributed by atoms with Gasteiger partial charge in [0.2, 0.25) is 5.89 Å². The summed E-state index contributed by atoms with van der Waals surface area (Å²) in [7, 11) is 3.78. The smallest absolute Gasteiger partial charge is 0.226 e. The second-order valence-electron chi connectivity index (χ2n) is 8.08. The summed E-state index contributed by atoms with van der Waals surface area (Å²) in [6.07, 6.45) is 0. The molecule has 31 heavy (non-hydrogen) atoms. The molecule has 2 heterocycles. The maximum absolute atomic E-state index is 6.06. The minimum atomic E-state index is 0.181. The van der Waals surface area contributed by atoms with Crippen LogP contribution in [0.5, 0.6) is 17.2 Å². The molecule has 6 heteroatoms. The standard InChI is InChI=1S/C25H30N2O4/c1-15-16(2)22(28-6)10-8-20(15)25-26-21(18(4)31-25)14-27(5)17(3)19-7-9-23-24(13-19)30-12-11-29-23/h7-10,13,17H,11-12,14H2,1-6H3/t17-/m1/s1. The number of fused-ring (bicyclic) bond motifs is 1. The van der Waals surface area contributed by atoms with Gasteiger partial charge >= 0.3 is 0 Å². The van der Waals surface area contributed by atoms with Crippen molar-refractivity contribution >= 4 is 0 Å². The molecule has 1 aromatic heterocycles. The second-order valence-corrected chi connectivity index (χ2v) is 8.08. The molecule has 0 N–H and O–H groups in total. The highest BCUT2D eigenvalue weighted by Crippen LogP contribution is 2.35. The summed E-state index contributed by atoms with van der Waals surface area (Å²) < 4.78 is 22.9. The van der Waals surface area contributed by atoms with Gasteiger partial charge in [0.15, 0.2) is 11.5 Å². The average Bonchev–Trinajstić information content (AvgIpc) is 3.14. The van der Waals surface area contributed by atoms with Crippen LogP contribution < -0.4 is 14.2 Å². The highest BCUT2D eigenvalue weighted by molar-refractivity contribution is 5.63. The van der Waals surface area contributed by atoms with Crippen molar-refractivity contribution in [1.82, 2.24) is 9.88 Å². The van der Waals surface area contributed by atoms with Crippen molar-refractivity contribution in [3.63, 3.8) is 0 Å². The molecule has 0 fully saturated rings. The number of hydrogen-bond donors (Lipinski definition) is 0. The fourth-order valence-electron chi connectivity index (χ4n) is 3.89. The van der Waals surface area contributed by atoms with Gasteiger partial charge in [-0.05, 0) is 75.7 Å². The summed E-state index contributed by atoms with van der Waals surface area (Å²) in [5.41, 5.74) is 5.33. The average molecular weight is 423 g/mol. The molecule has 164 valence electrons. The molecule has 0 aliphatic carbocycles. The van der Waals surface area contributed by atoms with Gasteiger partial charge in [-0.1, -0.05) is 6.07 Å². The van der Waals surface area contributed by atoms with Crippen LogP contribution in [0.2, 0.25) is 0 Å². The Morgan fingerprint density at radius 2 is 1.77 bits per heavy atom. The van der Waals surface area contributed by atoms with Crippen molar-refractivity contribution in [2.24, 2.45) is 0 Å². The molecule has 1 aliphatic heterocycles. The maximum Gasteiger partial charge on any atom is 0.226 e. The molecular formula is C25H30N2O4. The number of aryl methyl sites for hydroxylation is 1. The normalized spacial score (nSPS) is 14.0. The van der Waals surface area contributed by atoms with Crippen molar-refractivity contribution in [3.8, 4) is 28.7 Å². The number of hydrogen-bond acceptors (Lipinski definition) is 6. The van der Waals surface area contributed by atoms with Crippen LogP contribution in [-0.4, -0.2) is 37.3 Å². The van der Waals surface area contributed by atoms with Gasteiger partial charge in [-0.3, -0.25) is 4.90 Å². The number of ether oxygens (including phenoxy) is 3. The molecule has 0 radical (unpaired) electrons. The van der Waals surface area contributed by atoms with E-state index in [1.165, 1.54) is 5.56 Å². The largest absolute Gasteiger partial charge is 0.496 e. The van der Waals surface area contributed by atoms with Gasteiger partial charge in [-0.15, -0.1) is 0 Å². The van der Waals surface area contributed by atoms with E-state index < -0.39 is 0 Å². The Balaban J connectivity index is 1.54. The van der Waals surface area contributed by atoms with Crippen molar-refractivity contribution in [3.05, 3.63) is 58.5 Å². The van der Waals surface area contributed by atoms with Gasteiger partial charge in [0, 0.05) is 18.2 Å². The summed E-state index contributed by atoms with van der Waals surface area (Å²) in [5.74, 6) is 3.99. The van der Waals surface area contributed by atoms with E-state index in [9.17, 15) is 0 Å². The van der Waals surface area contributed by atoms with E-state index in [4.69, 9.17) is 23.6 Å². The Labute approximate surface area is 183 Å². The Morgan fingerprint density at radius 1 is 1.03 bits per heavy atom. The van der Waals surface area contributed by atoms with Gasteiger partial charge < -0.3 is 18.6 Å². The number of benzene rings is 2. The number of oxazole rings is 1. The zero-order valence-electron chi connectivity index (χ0n) is 19.1. The van der Waals surface area contributed by atoms with Crippen LogP contribution in [0.3, 0.4) is 0 Å². The van der Waals surface area contributed by atoms with Crippen LogP contribution in [0, 0.1) is 20.8 Å². The first-order valence-corrected chi connectivity index (χ1v) is 10.6. The van der Waals surface area contributed by atoms with E-state index in [1.54, 1.807) is 7.11 Å². The lowest BCUT2D eigenvalue weighted by atomic mass is 10.0. The molecule has 0 spiro atoms. The maximum atomic E-state index is 6.06. The quantitative estimate of drug-likeness (QED) is 0.541. The van der Waals surface area contributed by atoms with E-state index in [0.29, 0.717) is 25.6 Å². The number of nitrogens with zero attached hydrogens (tertiary/aromatic N) is 2. The van der Waals surface area contributed by atoms with Crippen molar-refractivity contribution in [2.45, 2.75) is 40.3 Å². The highest BCUT2D eigenvalue weighted by Gasteiger charge is 2.21. The van der Waals surface area contributed by atoms with E-state index in [1.807, 2.05) is 25.1 Å². The van der Waals surface area contributed by atoms with Gasteiger partial charge in [0.25, 0.3) is 0 Å². The molecule has 0 saturated carbocycles. The van der Waals surface area contributed by atoms with E-state index in [2.05, 4.69) is 44.9 Å². The zero-order valence-corrected chi connectivity index (χ0v) is 19.1. The fourth-order valence-corrected chi connectivity index (χ4v) is 3.89. The second kappa shape index (κ2) is 8.63. The third kappa shape index (κ3) is 4.12. The molecular weight excluding hydrogens is 392 g/mol. The first kappa shape index (κ1) is 21.2. The summed E-state index contributed by atoms with van der Waals surface area (Å²) in [5, 5.41) is 0. The predicted octanol–water partition coefficient (Wildman–Crippen LogP) is 5.24. The van der Waals surface area contributed by atoms with Crippen LogP contribution >= 0.6 is 0 Å². The van der Waals surface area contributed by atoms with E-state index in [0.717, 1.165) is 45.4 Å². The lowest BCUT2D eigenvalue weighted by molar-refractivity contribution is 0.170. The Hall–Kier alpha value is -2.99. The van der Waals surface area contributed by atoms with Crippen LogP contribution in [0.15, 0.2) is 34.7 Å². The van der Waals surface area contributed by atoms with Crippen molar-refractivity contribution in [2.75, 3.05) is 27.4 Å². The monoisotopic (exact) mass is 422 g/mol. The number of rotatable bonds is 6. The van der Waals surface area contributed by atoms with Gasteiger partial charge in [-0.2, -0.15) is 0 Å². The van der Waals surface area contributed by atoms with Gasteiger partial charge in [0.05, 0.1) is 12.8 Å². The molecule has 0 saturated heterocycles. The summed E-state index contributed by atoms with van der Waals surface area (Å²) in [6.45, 7) is 10.1. The van der Waals surface area contributed by atoms with Crippen LogP contribution in [0.1, 0.15) is 41.1 Å². The lowest BCUT2D eigenvalue weighted by Crippen LogP contribution is -2.23. The summed E-state index contributed by atoms with van der Waals surface area (Å²) >= 11 is 0. The van der Waals surface area contributed by atoms with E-state index in [-0.39, 0.29) is 6.04 Å². The molecule has 0 unspecified atom stereocenters. The Bertz CT molecular complexity index is 1090.